The molecule has 0 saturated heterocycles. The van der Waals surface area contributed by atoms with E-state index in [9.17, 15) is 19.5 Å². The number of nitrogens with one attached hydrogen (secondary N) is 1. The maximum atomic E-state index is 13.9. The number of carboxylic acid groups (broad SMARTS) is 1. The van der Waals surface area contributed by atoms with E-state index < -0.39 is 17.2 Å². The van der Waals surface area contributed by atoms with Crippen LogP contribution in [0.5, 0.6) is 0 Å². The molecular formula is C26H16ClN3O5S. The van der Waals surface area contributed by atoms with E-state index in [2.05, 4.69) is 4.98 Å². The van der Waals surface area contributed by atoms with Gasteiger partial charge >= 0.3 is 11.7 Å². The summed E-state index contributed by atoms with van der Waals surface area (Å²) in [7, 11) is 0. The van der Waals surface area contributed by atoms with E-state index in [0.29, 0.717) is 32.1 Å². The minimum atomic E-state index is -1.28. The third-order valence-corrected chi connectivity index (χ3v) is 7.16. The SMILES string of the molecule is O=C(O)c1c(-n2c(=O)[nH]c3scc(-c4ccco4)c3c2=O)c2cc(Cl)ccc2n1Cc1ccccc1. The molecule has 6 aromatic rings. The van der Waals surface area contributed by atoms with Crippen molar-refractivity contribution < 1.29 is 14.3 Å². The molecule has 0 saturated carbocycles. The first-order valence-electron chi connectivity index (χ1n) is 10.8. The Balaban J connectivity index is 1.73. The number of aromatic amines is 1. The van der Waals surface area contributed by atoms with E-state index >= 15 is 0 Å². The molecule has 2 aromatic carbocycles. The van der Waals surface area contributed by atoms with Crippen LogP contribution >= 0.6 is 22.9 Å². The molecule has 0 atom stereocenters. The van der Waals surface area contributed by atoms with E-state index in [0.717, 1.165) is 10.1 Å². The second-order valence-electron chi connectivity index (χ2n) is 8.14. The molecule has 0 bridgehead atoms. The van der Waals surface area contributed by atoms with Crippen LogP contribution in [0.25, 0.3) is 38.1 Å². The summed E-state index contributed by atoms with van der Waals surface area (Å²) in [6, 6.07) is 17.6. The number of thiophene rings is 1. The molecule has 178 valence electrons. The van der Waals surface area contributed by atoms with Crippen molar-refractivity contribution in [2.24, 2.45) is 0 Å². The van der Waals surface area contributed by atoms with Gasteiger partial charge in [-0.15, -0.1) is 11.3 Å². The quantitative estimate of drug-likeness (QED) is 0.320. The summed E-state index contributed by atoms with van der Waals surface area (Å²) in [4.78, 5) is 42.9. The summed E-state index contributed by atoms with van der Waals surface area (Å²) < 4.78 is 7.95. The Morgan fingerprint density at radius 2 is 1.89 bits per heavy atom. The van der Waals surface area contributed by atoms with Crippen LogP contribution in [-0.2, 0) is 6.54 Å². The normalized spacial score (nSPS) is 11.5. The minimum absolute atomic E-state index is 0.0410. The lowest BCUT2D eigenvalue weighted by atomic mass is 10.2. The van der Waals surface area contributed by atoms with Gasteiger partial charge in [0, 0.05) is 27.9 Å². The van der Waals surface area contributed by atoms with Gasteiger partial charge in [-0.3, -0.25) is 9.78 Å². The Bertz CT molecular complexity index is 1900. The van der Waals surface area contributed by atoms with Gasteiger partial charge < -0.3 is 14.1 Å². The predicted molar refractivity (Wildman–Crippen MR) is 139 cm³/mol. The fraction of sp³-hybridized carbons (Fsp3) is 0.0385. The van der Waals surface area contributed by atoms with Crippen LogP contribution < -0.4 is 11.2 Å². The number of hydrogen-bond donors (Lipinski definition) is 2. The average molecular weight is 518 g/mol. The van der Waals surface area contributed by atoms with Crippen molar-refractivity contribution in [1.29, 1.82) is 0 Å². The average Bonchev–Trinajstić information content (AvgIpc) is 3.58. The largest absolute Gasteiger partial charge is 0.477 e. The number of carboxylic acids is 1. The van der Waals surface area contributed by atoms with Crippen LogP contribution in [0.15, 0.2) is 86.3 Å². The Morgan fingerprint density at radius 3 is 2.61 bits per heavy atom. The van der Waals surface area contributed by atoms with Gasteiger partial charge in [-0.05, 0) is 35.9 Å². The van der Waals surface area contributed by atoms with E-state index in [1.165, 1.54) is 17.6 Å². The van der Waals surface area contributed by atoms with Crippen molar-refractivity contribution >= 4 is 50.0 Å². The monoisotopic (exact) mass is 517 g/mol. The molecule has 0 aliphatic carbocycles. The number of furan rings is 1. The number of carbonyl (C=O) groups is 1. The molecule has 0 fully saturated rings. The molecule has 4 heterocycles. The summed E-state index contributed by atoms with van der Waals surface area (Å²) in [5.41, 5.74) is 0.257. The molecule has 0 aliphatic heterocycles. The lowest BCUT2D eigenvalue weighted by molar-refractivity contribution is 0.0686. The lowest BCUT2D eigenvalue weighted by Gasteiger charge is -2.10. The molecule has 0 amide bonds. The second-order valence-corrected chi connectivity index (χ2v) is 9.45. The third-order valence-electron chi connectivity index (χ3n) is 6.03. The molecule has 0 radical (unpaired) electrons. The van der Waals surface area contributed by atoms with Gasteiger partial charge in [0.1, 0.15) is 10.6 Å². The first kappa shape index (κ1) is 22.1. The fourth-order valence-electron chi connectivity index (χ4n) is 4.52. The fourth-order valence-corrected chi connectivity index (χ4v) is 5.62. The van der Waals surface area contributed by atoms with E-state index in [1.807, 2.05) is 30.3 Å². The summed E-state index contributed by atoms with van der Waals surface area (Å²) in [6.45, 7) is 0.214. The van der Waals surface area contributed by atoms with Gasteiger partial charge in [-0.1, -0.05) is 41.9 Å². The van der Waals surface area contributed by atoms with Gasteiger partial charge in [-0.2, -0.15) is 0 Å². The molecule has 2 N–H and O–H groups in total. The Kier molecular flexibility index (Phi) is 5.17. The van der Waals surface area contributed by atoms with E-state index in [4.69, 9.17) is 16.0 Å². The maximum Gasteiger partial charge on any atom is 0.354 e. The van der Waals surface area contributed by atoms with Crippen molar-refractivity contribution in [2.45, 2.75) is 6.54 Å². The van der Waals surface area contributed by atoms with Crippen molar-refractivity contribution in [3.63, 3.8) is 0 Å². The van der Waals surface area contributed by atoms with Gasteiger partial charge in [-0.25, -0.2) is 14.2 Å². The first-order valence-corrected chi connectivity index (χ1v) is 12.1. The number of nitrogens with zero attached hydrogens (tertiary/aromatic N) is 2. The van der Waals surface area contributed by atoms with Crippen LogP contribution in [0.2, 0.25) is 5.02 Å². The number of H-pyrrole nitrogens is 1. The van der Waals surface area contributed by atoms with E-state index in [1.54, 1.807) is 40.3 Å². The number of hydrogen-bond acceptors (Lipinski definition) is 5. The zero-order chi connectivity index (χ0) is 25.0. The van der Waals surface area contributed by atoms with E-state index in [-0.39, 0.29) is 23.3 Å². The Labute approximate surface area is 211 Å². The molecule has 6 rings (SSSR count). The number of halogens is 1. The number of rotatable bonds is 5. The molecule has 0 aliphatic rings. The predicted octanol–water partition coefficient (Wildman–Crippen LogP) is 5.36. The zero-order valence-corrected chi connectivity index (χ0v) is 20.0. The highest BCUT2D eigenvalue weighted by Gasteiger charge is 2.28. The molecule has 8 nitrogen and oxygen atoms in total. The zero-order valence-electron chi connectivity index (χ0n) is 18.4. The molecule has 36 heavy (non-hydrogen) atoms. The van der Waals surface area contributed by atoms with Crippen LogP contribution in [0.4, 0.5) is 0 Å². The number of aromatic carboxylic acids is 1. The Morgan fingerprint density at radius 1 is 1.08 bits per heavy atom. The summed E-state index contributed by atoms with van der Waals surface area (Å²) in [5, 5.41) is 13.0. The molecule has 4 aromatic heterocycles. The standard InChI is InChI=1S/C26H16ClN3O5S/c27-15-8-9-18-16(11-15)21(22(25(32)33)29(18)12-14-5-2-1-3-6-14)30-24(31)20-17(19-7-4-10-35-19)13-36-23(20)28-26(30)34/h1-11,13H,12H2,(H,28,34)(H,32,33). The summed E-state index contributed by atoms with van der Waals surface area (Å²) in [5.74, 6) is -0.818. The lowest BCUT2D eigenvalue weighted by Crippen LogP contribution is -2.34. The summed E-state index contributed by atoms with van der Waals surface area (Å²) >= 11 is 7.49. The van der Waals surface area contributed by atoms with Crippen LogP contribution in [0, 0.1) is 0 Å². The smallest absolute Gasteiger partial charge is 0.354 e. The topological polar surface area (TPSA) is 110 Å². The molecular weight excluding hydrogens is 502 g/mol. The van der Waals surface area contributed by atoms with Gasteiger partial charge in [0.15, 0.2) is 5.69 Å². The highest BCUT2D eigenvalue weighted by molar-refractivity contribution is 7.17. The number of fused-ring (bicyclic) bond motifs is 2. The van der Waals surface area contributed by atoms with Gasteiger partial charge in [0.05, 0.1) is 22.9 Å². The van der Waals surface area contributed by atoms with Crippen LogP contribution in [-0.4, -0.2) is 25.2 Å². The Hall–Kier alpha value is -4.34. The highest BCUT2D eigenvalue weighted by atomic mass is 35.5. The molecule has 0 spiro atoms. The molecule has 0 unspecified atom stereocenters. The minimum Gasteiger partial charge on any atom is -0.477 e. The van der Waals surface area contributed by atoms with Gasteiger partial charge in [0.2, 0.25) is 0 Å². The van der Waals surface area contributed by atoms with Crippen LogP contribution in [0.3, 0.4) is 0 Å². The molecule has 10 heteroatoms. The number of benzene rings is 2. The first-order chi connectivity index (χ1) is 17.4. The third kappa shape index (κ3) is 3.40. The van der Waals surface area contributed by atoms with Crippen molar-refractivity contribution in [3.8, 4) is 17.0 Å². The van der Waals surface area contributed by atoms with Crippen molar-refractivity contribution in [2.75, 3.05) is 0 Å². The number of aromatic nitrogens is 3. The maximum absolute atomic E-state index is 13.9. The summed E-state index contributed by atoms with van der Waals surface area (Å²) in [6.07, 6.45) is 1.49. The van der Waals surface area contributed by atoms with Crippen molar-refractivity contribution in [1.82, 2.24) is 14.1 Å². The highest BCUT2D eigenvalue weighted by Crippen LogP contribution is 2.34. The van der Waals surface area contributed by atoms with Gasteiger partial charge in [0.25, 0.3) is 5.56 Å². The van der Waals surface area contributed by atoms with Crippen molar-refractivity contribution in [3.05, 3.63) is 109 Å². The second kappa shape index (κ2) is 8.40. The van der Waals surface area contributed by atoms with Crippen LogP contribution in [0.1, 0.15) is 16.1 Å².